The zero-order chi connectivity index (χ0) is 20.5. The number of carbonyl (C=O) groups excluding carboxylic acids is 1. The number of thioether (sulfide) groups is 1. The molecule has 2 aliphatic heterocycles. The summed E-state index contributed by atoms with van der Waals surface area (Å²) in [6, 6.07) is 5.60. The maximum absolute atomic E-state index is 12.1. The molecule has 0 aromatic heterocycles. The summed E-state index contributed by atoms with van der Waals surface area (Å²) in [5.74, 6) is 1.21. The molecule has 2 aliphatic rings. The molecular formula is C19H26N2O5S2. The second-order valence-electron chi connectivity index (χ2n) is 7.32. The van der Waals surface area contributed by atoms with Crippen LogP contribution in [0.1, 0.15) is 19.4 Å². The highest BCUT2D eigenvalue weighted by molar-refractivity contribution is 8.15. The topological polar surface area (TPSA) is 85.3 Å². The highest BCUT2D eigenvalue weighted by atomic mass is 32.2. The van der Waals surface area contributed by atoms with Crippen molar-refractivity contribution >= 4 is 32.7 Å². The summed E-state index contributed by atoms with van der Waals surface area (Å²) in [5, 5.41) is 0.582. The van der Waals surface area contributed by atoms with Crippen LogP contribution < -0.4 is 9.47 Å². The first-order valence-corrected chi connectivity index (χ1v) is 11.9. The number of fused-ring (bicyclic) bond motifs is 1. The summed E-state index contributed by atoms with van der Waals surface area (Å²) in [4.78, 5) is 18.4. The molecule has 7 nitrogen and oxygen atoms in total. The highest BCUT2D eigenvalue weighted by Crippen LogP contribution is 2.38. The van der Waals surface area contributed by atoms with Crippen LogP contribution in [-0.4, -0.2) is 68.0 Å². The van der Waals surface area contributed by atoms with Gasteiger partial charge in [0.2, 0.25) is 0 Å². The predicted molar refractivity (Wildman–Crippen MR) is 111 cm³/mol. The van der Waals surface area contributed by atoms with Crippen molar-refractivity contribution in [2.75, 3.05) is 32.3 Å². The van der Waals surface area contributed by atoms with Crippen LogP contribution in [0.25, 0.3) is 0 Å². The molecule has 1 aromatic rings. The summed E-state index contributed by atoms with van der Waals surface area (Å²) < 4.78 is 34.8. The average Bonchev–Trinajstić information content (AvgIpc) is 3.10. The molecular weight excluding hydrogens is 400 g/mol. The van der Waals surface area contributed by atoms with Crippen LogP contribution in [0.3, 0.4) is 0 Å². The van der Waals surface area contributed by atoms with Gasteiger partial charge in [0.05, 0.1) is 31.8 Å². The monoisotopic (exact) mass is 426 g/mol. The summed E-state index contributed by atoms with van der Waals surface area (Å²) in [6.07, 6.45) is 0.680. The second kappa shape index (κ2) is 8.32. The molecule has 28 heavy (non-hydrogen) atoms. The average molecular weight is 427 g/mol. The molecule has 2 fully saturated rings. The molecule has 2 atom stereocenters. The van der Waals surface area contributed by atoms with E-state index in [9.17, 15) is 13.2 Å². The fourth-order valence-electron chi connectivity index (χ4n) is 3.41. The van der Waals surface area contributed by atoms with E-state index >= 15 is 0 Å². The van der Waals surface area contributed by atoms with Crippen molar-refractivity contribution in [3.05, 3.63) is 23.8 Å². The molecule has 0 aliphatic carbocycles. The normalized spacial score (nSPS) is 24.6. The molecule has 154 valence electrons. The van der Waals surface area contributed by atoms with Crippen molar-refractivity contribution in [1.82, 2.24) is 4.90 Å². The van der Waals surface area contributed by atoms with Crippen LogP contribution in [0.4, 0.5) is 0 Å². The number of sulfone groups is 1. The molecule has 0 unspecified atom stereocenters. The maximum Gasteiger partial charge on any atom is 0.250 e. The van der Waals surface area contributed by atoms with E-state index in [1.54, 1.807) is 14.2 Å². The number of methoxy groups -OCH3 is 2. The lowest BCUT2D eigenvalue weighted by Crippen LogP contribution is -2.39. The molecule has 2 heterocycles. The van der Waals surface area contributed by atoms with Crippen molar-refractivity contribution in [2.24, 2.45) is 10.9 Å². The Balaban J connectivity index is 1.80. The van der Waals surface area contributed by atoms with E-state index in [0.29, 0.717) is 29.6 Å². The van der Waals surface area contributed by atoms with Crippen molar-refractivity contribution in [2.45, 2.75) is 31.6 Å². The largest absolute Gasteiger partial charge is 0.493 e. The van der Waals surface area contributed by atoms with Gasteiger partial charge in [0.25, 0.3) is 5.91 Å². The predicted octanol–water partition coefficient (Wildman–Crippen LogP) is 2.00. The SMILES string of the molecule is COc1ccc(CCN2C(=NC(=O)C(C)C)S[C@@H]3CS(=O)(=O)C[C@H]32)cc1OC. The van der Waals surface area contributed by atoms with E-state index in [1.807, 2.05) is 36.9 Å². The summed E-state index contributed by atoms with van der Waals surface area (Å²) in [5.41, 5.74) is 1.04. The van der Waals surface area contributed by atoms with Crippen LogP contribution in [0.5, 0.6) is 11.5 Å². The number of nitrogens with zero attached hydrogens (tertiary/aromatic N) is 2. The van der Waals surface area contributed by atoms with E-state index in [0.717, 1.165) is 5.56 Å². The standard InChI is InChI=1S/C19H26N2O5S2/c1-12(2)18(22)20-19-21(14-10-28(23,24)11-17(14)27-19)8-7-13-5-6-15(25-3)16(9-13)26-4/h5-6,9,12,14,17H,7-8,10-11H2,1-4H3/t14-,17-/m1/s1. The fraction of sp³-hybridized carbons (Fsp3) is 0.579. The molecule has 1 amide bonds. The fourth-order valence-corrected chi connectivity index (χ4v) is 7.39. The van der Waals surface area contributed by atoms with Gasteiger partial charge in [-0.25, -0.2) is 8.42 Å². The van der Waals surface area contributed by atoms with Gasteiger partial charge in [0.15, 0.2) is 26.5 Å². The molecule has 0 radical (unpaired) electrons. The van der Waals surface area contributed by atoms with Crippen LogP contribution >= 0.6 is 11.8 Å². The van der Waals surface area contributed by atoms with Crippen LogP contribution in [0.15, 0.2) is 23.2 Å². The maximum atomic E-state index is 12.1. The number of carbonyl (C=O) groups is 1. The molecule has 2 saturated heterocycles. The Morgan fingerprint density at radius 1 is 1.25 bits per heavy atom. The summed E-state index contributed by atoms with van der Waals surface area (Å²) >= 11 is 1.42. The Hall–Kier alpha value is -1.74. The molecule has 3 rings (SSSR count). The van der Waals surface area contributed by atoms with E-state index in [-0.39, 0.29) is 34.6 Å². The Labute approximate surface area is 170 Å². The Kier molecular flexibility index (Phi) is 6.24. The van der Waals surface area contributed by atoms with Crippen LogP contribution in [0, 0.1) is 5.92 Å². The number of hydrogen-bond acceptors (Lipinski definition) is 6. The van der Waals surface area contributed by atoms with E-state index in [4.69, 9.17) is 9.47 Å². The van der Waals surface area contributed by atoms with Gasteiger partial charge in [-0.05, 0) is 24.1 Å². The second-order valence-corrected chi connectivity index (χ2v) is 10.7. The van der Waals surface area contributed by atoms with Crippen LogP contribution in [-0.2, 0) is 21.1 Å². The third kappa shape index (κ3) is 4.46. The molecule has 9 heteroatoms. The number of aliphatic imine (C=N–C) groups is 1. The van der Waals surface area contributed by atoms with Crippen molar-refractivity contribution in [1.29, 1.82) is 0 Å². The van der Waals surface area contributed by atoms with Gasteiger partial charge >= 0.3 is 0 Å². The summed E-state index contributed by atoms with van der Waals surface area (Å²) in [6.45, 7) is 4.21. The van der Waals surface area contributed by atoms with Crippen molar-refractivity contribution in [3.8, 4) is 11.5 Å². The first-order chi connectivity index (χ1) is 13.2. The number of rotatable bonds is 6. The number of benzene rings is 1. The number of ether oxygens (including phenoxy) is 2. The molecule has 1 aromatic carbocycles. The number of amides is 1. The first-order valence-electron chi connectivity index (χ1n) is 9.21. The Morgan fingerprint density at radius 3 is 2.61 bits per heavy atom. The van der Waals surface area contributed by atoms with Gasteiger partial charge in [-0.2, -0.15) is 4.99 Å². The van der Waals surface area contributed by atoms with Gasteiger partial charge in [0, 0.05) is 17.7 Å². The summed E-state index contributed by atoms with van der Waals surface area (Å²) in [7, 11) is 0.135. The molecule has 0 spiro atoms. The minimum Gasteiger partial charge on any atom is -0.493 e. The molecule has 0 saturated carbocycles. The quantitative estimate of drug-likeness (QED) is 0.688. The Bertz CT molecular complexity index is 882. The minimum atomic E-state index is -3.05. The third-order valence-electron chi connectivity index (χ3n) is 4.96. The third-order valence-corrected chi connectivity index (χ3v) is 8.21. The molecule has 0 bridgehead atoms. The highest BCUT2D eigenvalue weighted by Gasteiger charge is 2.48. The van der Waals surface area contributed by atoms with Gasteiger partial charge in [0.1, 0.15) is 0 Å². The Morgan fingerprint density at radius 2 is 1.96 bits per heavy atom. The number of amidine groups is 1. The lowest BCUT2D eigenvalue weighted by molar-refractivity contribution is -0.120. The zero-order valence-electron chi connectivity index (χ0n) is 16.5. The lowest BCUT2D eigenvalue weighted by Gasteiger charge is -2.24. The van der Waals surface area contributed by atoms with Gasteiger partial charge in [-0.1, -0.05) is 31.7 Å². The lowest BCUT2D eigenvalue weighted by atomic mass is 10.1. The van der Waals surface area contributed by atoms with Crippen molar-refractivity contribution < 1.29 is 22.7 Å². The zero-order valence-corrected chi connectivity index (χ0v) is 18.2. The molecule has 0 N–H and O–H groups in total. The van der Waals surface area contributed by atoms with E-state index < -0.39 is 9.84 Å². The minimum absolute atomic E-state index is 0.0610. The van der Waals surface area contributed by atoms with E-state index in [1.165, 1.54) is 11.8 Å². The van der Waals surface area contributed by atoms with Gasteiger partial charge in [-0.3, -0.25) is 4.79 Å². The van der Waals surface area contributed by atoms with E-state index in [2.05, 4.69) is 4.99 Å². The van der Waals surface area contributed by atoms with Crippen molar-refractivity contribution in [3.63, 3.8) is 0 Å². The van der Waals surface area contributed by atoms with Gasteiger partial charge in [-0.15, -0.1) is 0 Å². The number of hydrogen-bond donors (Lipinski definition) is 0. The van der Waals surface area contributed by atoms with Crippen LogP contribution in [0.2, 0.25) is 0 Å². The smallest absolute Gasteiger partial charge is 0.250 e. The first kappa shape index (κ1) is 21.0. The van der Waals surface area contributed by atoms with Gasteiger partial charge < -0.3 is 14.4 Å².